The van der Waals surface area contributed by atoms with Crippen LogP contribution in [0, 0.1) is 12.8 Å². The summed E-state index contributed by atoms with van der Waals surface area (Å²) < 4.78 is 0. The number of likely N-dealkylation sites (tertiary alicyclic amines) is 1. The molecule has 29 heavy (non-hydrogen) atoms. The first-order valence-electron chi connectivity index (χ1n) is 10.2. The fourth-order valence-electron chi connectivity index (χ4n) is 3.44. The number of benzene rings is 2. The van der Waals surface area contributed by atoms with Crippen LogP contribution in [0.15, 0.2) is 59.5 Å². The second-order valence-electron chi connectivity index (χ2n) is 7.46. The number of carbonyl (C=O) groups is 2. The van der Waals surface area contributed by atoms with Crippen LogP contribution >= 0.6 is 11.8 Å². The summed E-state index contributed by atoms with van der Waals surface area (Å²) in [6, 6.07) is 17.7. The second-order valence-corrected chi connectivity index (χ2v) is 8.63. The molecule has 2 aromatic carbocycles. The van der Waals surface area contributed by atoms with Crippen LogP contribution in [-0.2, 0) is 4.79 Å². The number of rotatable bonds is 7. The lowest BCUT2D eigenvalue weighted by Gasteiger charge is -2.33. The van der Waals surface area contributed by atoms with E-state index in [2.05, 4.69) is 22.8 Å². The molecular weight excluding hydrogens is 382 g/mol. The molecule has 1 aliphatic rings. The summed E-state index contributed by atoms with van der Waals surface area (Å²) in [5.41, 5.74) is 1.94. The minimum atomic E-state index is -0.198. The molecule has 1 heterocycles. The molecule has 3 amide bonds. The van der Waals surface area contributed by atoms with Crippen molar-refractivity contribution in [3.63, 3.8) is 0 Å². The van der Waals surface area contributed by atoms with E-state index in [1.54, 1.807) is 11.8 Å². The fourth-order valence-corrected chi connectivity index (χ4v) is 4.30. The van der Waals surface area contributed by atoms with Crippen molar-refractivity contribution in [3.8, 4) is 0 Å². The Balaban J connectivity index is 1.37. The Kier molecular flexibility index (Phi) is 7.99. The Bertz CT molecular complexity index is 796. The highest BCUT2D eigenvalue weighted by atomic mass is 32.2. The third-order valence-corrected chi connectivity index (χ3v) is 6.07. The average Bonchev–Trinajstić information content (AvgIpc) is 2.75. The number of hydrogen-bond donors (Lipinski definition) is 2. The number of carbonyl (C=O) groups excluding carboxylic acids is 2. The third kappa shape index (κ3) is 7.13. The van der Waals surface area contributed by atoms with E-state index in [9.17, 15) is 9.59 Å². The molecule has 0 spiro atoms. The lowest BCUT2D eigenvalue weighted by molar-refractivity contribution is -0.132. The summed E-state index contributed by atoms with van der Waals surface area (Å²) in [7, 11) is 0. The molecule has 1 aliphatic heterocycles. The van der Waals surface area contributed by atoms with Crippen molar-refractivity contribution in [3.05, 3.63) is 60.2 Å². The number of nitrogens with zero attached hydrogens (tertiary/aromatic N) is 1. The minimum Gasteiger partial charge on any atom is -0.342 e. The molecule has 0 aromatic heterocycles. The Morgan fingerprint density at radius 1 is 1.10 bits per heavy atom. The highest BCUT2D eigenvalue weighted by Gasteiger charge is 2.23. The largest absolute Gasteiger partial charge is 0.342 e. The van der Waals surface area contributed by atoms with E-state index < -0.39 is 0 Å². The van der Waals surface area contributed by atoms with Crippen LogP contribution in [0.2, 0.25) is 0 Å². The highest BCUT2D eigenvalue weighted by molar-refractivity contribution is 7.99. The van der Waals surface area contributed by atoms with Crippen LogP contribution in [0.4, 0.5) is 10.5 Å². The van der Waals surface area contributed by atoms with E-state index in [0.717, 1.165) is 42.9 Å². The Hall–Kier alpha value is -2.47. The normalized spacial score (nSPS) is 16.3. The van der Waals surface area contributed by atoms with Gasteiger partial charge < -0.3 is 15.5 Å². The molecule has 154 valence electrons. The molecule has 0 aliphatic carbocycles. The number of urea groups is 1. The average molecular weight is 412 g/mol. The monoisotopic (exact) mass is 411 g/mol. The standard InChI is InChI=1S/C23H29N3O2S/c1-18-9-11-20(12-10-18)25-23(28)24-16-19-6-5-14-26(17-19)22(27)13-15-29-21-7-3-2-4-8-21/h2-4,7-12,19H,5-6,13-17H2,1H3,(H2,24,25,28). The molecule has 0 bridgehead atoms. The number of piperidine rings is 1. The summed E-state index contributed by atoms with van der Waals surface area (Å²) in [6.07, 6.45) is 2.57. The SMILES string of the molecule is Cc1ccc(NC(=O)NCC2CCCN(C(=O)CCSc3ccccc3)C2)cc1. The first-order valence-corrected chi connectivity index (χ1v) is 11.2. The first kappa shape index (κ1) is 21.2. The van der Waals surface area contributed by atoms with Crippen molar-refractivity contribution >= 4 is 29.4 Å². The maximum Gasteiger partial charge on any atom is 0.319 e. The maximum atomic E-state index is 12.6. The molecule has 3 rings (SSSR count). The Morgan fingerprint density at radius 2 is 1.86 bits per heavy atom. The lowest BCUT2D eigenvalue weighted by atomic mass is 9.98. The third-order valence-electron chi connectivity index (χ3n) is 5.06. The number of amides is 3. The van der Waals surface area contributed by atoms with Gasteiger partial charge in [0.25, 0.3) is 0 Å². The van der Waals surface area contributed by atoms with Crippen LogP contribution in [0.5, 0.6) is 0 Å². The van der Waals surface area contributed by atoms with Gasteiger partial charge in [-0.1, -0.05) is 35.9 Å². The van der Waals surface area contributed by atoms with Gasteiger partial charge >= 0.3 is 6.03 Å². The van der Waals surface area contributed by atoms with Gasteiger partial charge in [-0.15, -0.1) is 11.8 Å². The smallest absolute Gasteiger partial charge is 0.319 e. The molecule has 1 saturated heterocycles. The minimum absolute atomic E-state index is 0.198. The number of nitrogens with one attached hydrogen (secondary N) is 2. The highest BCUT2D eigenvalue weighted by Crippen LogP contribution is 2.20. The molecule has 1 unspecified atom stereocenters. The quantitative estimate of drug-likeness (QED) is 0.658. The summed E-state index contributed by atoms with van der Waals surface area (Å²) in [5.74, 6) is 1.31. The topological polar surface area (TPSA) is 61.4 Å². The van der Waals surface area contributed by atoms with Gasteiger partial charge in [-0.2, -0.15) is 0 Å². The van der Waals surface area contributed by atoms with E-state index >= 15 is 0 Å². The number of hydrogen-bond acceptors (Lipinski definition) is 3. The summed E-state index contributed by atoms with van der Waals surface area (Å²) in [5, 5.41) is 5.80. The van der Waals surface area contributed by atoms with E-state index in [0.29, 0.717) is 18.9 Å². The molecule has 0 saturated carbocycles. The van der Waals surface area contributed by atoms with Crippen LogP contribution in [0.25, 0.3) is 0 Å². The maximum absolute atomic E-state index is 12.6. The van der Waals surface area contributed by atoms with Crippen molar-refractivity contribution in [2.75, 3.05) is 30.7 Å². The summed E-state index contributed by atoms with van der Waals surface area (Å²) >= 11 is 1.72. The molecule has 2 N–H and O–H groups in total. The lowest BCUT2D eigenvalue weighted by Crippen LogP contribution is -2.44. The molecule has 2 aromatic rings. The number of thioether (sulfide) groups is 1. The van der Waals surface area contributed by atoms with Crippen molar-refractivity contribution in [2.45, 2.75) is 31.1 Å². The van der Waals surface area contributed by atoms with Crippen LogP contribution in [0.1, 0.15) is 24.8 Å². The molecule has 1 fully saturated rings. The van der Waals surface area contributed by atoms with Gasteiger partial charge in [-0.3, -0.25) is 4.79 Å². The van der Waals surface area contributed by atoms with Gasteiger partial charge in [0.15, 0.2) is 0 Å². The Labute approximate surface area is 177 Å². The van der Waals surface area contributed by atoms with E-state index in [4.69, 9.17) is 0 Å². The van der Waals surface area contributed by atoms with E-state index in [-0.39, 0.29) is 11.9 Å². The van der Waals surface area contributed by atoms with Gasteiger partial charge in [-0.05, 0) is 49.9 Å². The summed E-state index contributed by atoms with van der Waals surface area (Å²) in [6.45, 7) is 4.14. The van der Waals surface area contributed by atoms with Crippen LogP contribution < -0.4 is 10.6 Å². The van der Waals surface area contributed by atoms with Gasteiger partial charge in [0.1, 0.15) is 0 Å². The van der Waals surface area contributed by atoms with Gasteiger partial charge in [-0.25, -0.2) is 4.79 Å². The number of aryl methyl sites for hydroxylation is 1. The van der Waals surface area contributed by atoms with Crippen LogP contribution in [-0.4, -0.2) is 42.2 Å². The zero-order chi connectivity index (χ0) is 20.5. The van der Waals surface area contributed by atoms with Gasteiger partial charge in [0, 0.05) is 42.4 Å². The van der Waals surface area contributed by atoms with Crippen molar-refractivity contribution in [1.29, 1.82) is 0 Å². The van der Waals surface area contributed by atoms with Gasteiger partial charge in [0.2, 0.25) is 5.91 Å². The first-order chi connectivity index (χ1) is 14.1. The summed E-state index contributed by atoms with van der Waals surface area (Å²) in [4.78, 5) is 27.8. The molecular formula is C23H29N3O2S. The van der Waals surface area contributed by atoms with Crippen molar-refractivity contribution in [1.82, 2.24) is 10.2 Å². The molecule has 0 radical (unpaired) electrons. The van der Waals surface area contributed by atoms with Crippen molar-refractivity contribution in [2.24, 2.45) is 5.92 Å². The predicted octanol–water partition coefficient (Wildman–Crippen LogP) is 4.54. The molecule has 5 nitrogen and oxygen atoms in total. The number of anilines is 1. The fraction of sp³-hybridized carbons (Fsp3) is 0.391. The van der Waals surface area contributed by atoms with Crippen LogP contribution in [0.3, 0.4) is 0 Å². The van der Waals surface area contributed by atoms with E-state index in [1.165, 1.54) is 4.90 Å². The predicted molar refractivity (Wildman–Crippen MR) is 119 cm³/mol. The van der Waals surface area contributed by atoms with E-state index in [1.807, 2.05) is 54.3 Å². The zero-order valence-corrected chi connectivity index (χ0v) is 17.7. The molecule has 1 atom stereocenters. The Morgan fingerprint density at radius 3 is 2.62 bits per heavy atom. The second kappa shape index (κ2) is 10.9. The molecule has 6 heteroatoms. The van der Waals surface area contributed by atoms with Gasteiger partial charge in [0.05, 0.1) is 0 Å². The zero-order valence-electron chi connectivity index (χ0n) is 16.9. The van der Waals surface area contributed by atoms with Crippen molar-refractivity contribution < 1.29 is 9.59 Å².